The third-order valence-corrected chi connectivity index (χ3v) is 7.31. The molecule has 3 saturated carbocycles. The Bertz CT molecular complexity index is 311. The summed E-state index contributed by atoms with van der Waals surface area (Å²) in [5.41, 5.74) is 7.03. The van der Waals surface area contributed by atoms with Crippen molar-refractivity contribution in [3.8, 4) is 0 Å². The Morgan fingerprint density at radius 3 is 2.64 bits per heavy atom. The van der Waals surface area contributed by atoms with Crippen molar-refractivity contribution in [1.82, 2.24) is 0 Å². The van der Waals surface area contributed by atoms with Crippen molar-refractivity contribution in [3.05, 3.63) is 11.1 Å². The summed E-state index contributed by atoms with van der Waals surface area (Å²) < 4.78 is 0. The summed E-state index contributed by atoms with van der Waals surface area (Å²) in [6, 6.07) is 0. The molecule has 14 heavy (non-hydrogen) atoms. The van der Waals surface area contributed by atoms with Crippen LogP contribution in [-0.2, 0) is 0 Å². The van der Waals surface area contributed by atoms with E-state index < -0.39 is 0 Å². The lowest BCUT2D eigenvalue weighted by Gasteiger charge is -2.22. The van der Waals surface area contributed by atoms with Gasteiger partial charge in [0, 0.05) is 11.1 Å². The maximum Gasteiger partial charge on any atom is 0.00812 e. The zero-order valence-corrected chi connectivity index (χ0v) is 9.81. The summed E-state index contributed by atoms with van der Waals surface area (Å²) in [4.78, 5) is 0. The fourth-order valence-electron chi connectivity index (χ4n) is 4.26. The van der Waals surface area contributed by atoms with Crippen LogP contribution in [0.4, 0.5) is 0 Å². The minimum atomic E-state index is 0.866. The maximum absolute atomic E-state index is 1.99. The van der Waals surface area contributed by atoms with Crippen molar-refractivity contribution < 1.29 is 0 Å². The number of hydrogen-bond donors (Lipinski definition) is 0. The molecule has 5 aliphatic rings. The molecule has 3 fully saturated rings. The van der Waals surface area contributed by atoms with Gasteiger partial charge >= 0.3 is 0 Å². The fraction of sp³-hybridized carbons (Fsp3) is 0.846. The van der Waals surface area contributed by atoms with Crippen LogP contribution in [-0.4, -0.2) is 11.3 Å². The van der Waals surface area contributed by atoms with E-state index in [0.717, 1.165) is 16.7 Å². The SMILES string of the molecule is C1CCC(P[C@H]2C3=C4CCC32C4)CC1. The Morgan fingerprint density at radius 2 is 2.00 bits per heavy atom. The van der Waals surface area contributed by atoms with Gasteiger partial charge in [0.1, 0.15) is 0 Å². The predicted molar refractivity (Wildman–Crippen MR) is 62.3 cm³/mol. The highest BCUT2D eigenvalue weighted by molar-refractivity contribution is 7.41. The van der Waals surface area contributed by atoms with Gasteiger partial charge in [-0.1, -0.05) is 30.4 Å². The molecule has 5 aliphatic carbocycles. The second-order valence-electron chi connectivity index (χ2n) is 5.78. The van der Waals surface area contributed by atoms with Crippen LogP contribution in [0, 0.1) is 5.41 Å². The molecule has 0 amide bonds. The van der Waals surface area contributed by atoms with E-state index in [4.69, 9.17) is 0 Å². The summed E-state index contributed by atoms with van der Waals surface area (Å²) >= 11 is 0. The standard InChI is InChI=1S/C13H19P/c1-2-4-10(5-3-1)14-12-11-9-6-7-13(11,12)8-9/h10,12,14H,1-8H2/t12-,13?/m0/s1. The second kappa shape index (κ2) is 2.64. The maximum atomic E-state index is 1.99. The van der Waals surface area contributed by atoms with Crippen molar-refractivity contribution in [3.63, 3.8) is 0 Å². The highest BCUT2D eigenvalue weighted by Gasteiger charge is 2.70. The molecule has 1 heteroatoms. The molecule has 1 spiro atoms. The van der Waals surface area contributed by atoms with E-state index in [-0.39, 0.29) is 0 Å². The molecule has 0 aromatic carbocycles. The van der Waals surface area contributed by atoms with Gasteiger partial charge < -0.3 is 0 Å². The van der Waals surface area contributed by atoms with Crippen molar-refractivity contribution in [2.75, 3.05) is 0 Å². The molecular formula is C13H19P. The molecular weight excluding hydrogens is 187 g/mol. The van der Waals surface area contributed by atoms with Crippen molar-refractivity contribution in [1.29, 1.82) is 0 Å². The van der Waals surface area contributed by atoms with Crippen LogP contribution in [0.15, 0.2) is 11.1 Å². The molecule has 0 nitrogen and oxygen atoms in total. The Balaban J connectivity index is 1.44. The van der Waals surface area contributed by atoms with Crippen molar-refractivity contribution >= 4 is 8.58 Å². The molecule has 5 rings (SSSR count). The van der Waals surface area contributed by atoms with Gasteiger partial charge in [-0.05, 0) is 37.8 Å². The molecule has 0 aliphatic heterocycles. The van der Waals surface area contributed by atoms with Crippen LogP contribution in [0.2, 0.25) is 0 Å². The van der Waals surface area contributed by atoms with Crippen LogP contribution in [0.3, 0.4) is 0 Å². The van der Waals surface area contributed by atoms with Gasteiger partial charge in [0.15, 0.2) is 0 Å². The van der Waals surface area contributed by atoms with Crippen molar-refractivity contribution in [2.24, 2.45) is 5.41 Å². The summed E-state index contributed by atoms with van der Waals surface area (Å²) in [6.45, 7) is 0. The number of allylic oxidation sites excluding steroid dienone is 2. The van der Waals surface area contributed by atoms with Crippen LogP contribution in [0.25, 0.3) is 0 Å². The monoisotopic (exact) mass is 206 g/mol. The Kier molecular flexibility index (Phi) is 1.57. The molecule has 3 atom stereocenters. The second-order valence-corrected chi connectivity index (χ2v) is 7.51. The van der Waals surface area contributed by atoms with Crippen LogP contribution in [0.5, 0.6) is 0 Å². The molecule has 0 N–H and O–H groups in total. The first-order valence-corrected chi connectivity index (χ1v) is 7.54. The molecule has 0 saturated heterocycles. The third kappa shape index (κ3) is 0.896. The van der Waals surface area contributed by atoms with Gasteiger partial charge in [-0.25, -0.2) is 0 Å². The van der Waals surface area contributed by atoms with Gasteiger partial charge in [0.2, 0.25) is 0 Å². The highest BCUT2D eigenvalue weighted by Crippen LogP contribution is 2.80. The molecule has 76 valence electrons. The highest BCUT2D eigenvalue weighted by atomic mass is 31.1. The average Bonchev–Trinajstić information content (AvgIpc) is 2.64. The van der Waals surface area contributed by atoms with Gasteiger partial charge in [0.25, 0.3) is 0 Å². The van der Waals surface area contributed by atoms with E-state index in [9.17, 15) is 0 Å². The van der Waals surface area contributed by atoms with Crippen molar-refractivity contribution in [2.45, 2.75) is 62.7 Å². The lowest BCUT2D eigenvalue weighted by Crippen LogP contribution is -2.09. The smallest absolute Gasteiger partial charge is 0.00812 e. The Morgan fingerprint density at radius 1 is 1.14 bits per heavy atom. The molecule has 0 radical (unpaired) electrons. The van der Waals surface area contributed by atoms with E-state index >= 15 is 0 Å². The molecule has 0 aromatic heterocycles. The number of rotatable bonds is 2. The molecule has 2 unspecified atom stereocenters. The topological polar surface area (TPSA) is 0 Å². The van der Waals surface area contributed by atoms with Gasteiger partial charge in [0.05, 0.1) is 0 Å². The number of fused-ring (bicyclic) bond motifs is 1. The lowest BCUT2D eigenvalue weighted by atomic mass is 9.96. The van der Waals surface area contributed by atoms with Crippen LogP contribution >= 0.6 is 8.58 Å². The first-order valence-electron chi connectivity index (χ1n) is 6.39. The van der Waals surface area contributed by atoms with E-state index in [2.05, 4.69) is 0 Å². The first kappa shape index (κ1) is 8.34. The lowest BCUT2D eigenvalue weighted by molar-refractivity contribution is 0.509. The van der Waals surface area contributed by atoms with E-state index in [1.165, 1.54) is 40.7 Å². The minimum absolute atomic E-state index is 0.866. The van der Waals surface area contributed by atoms with E-state index in [1.54, 1.807) is 19.3 Å². The van der Waals surface area contributed by atoms with Gasteiger partial charge in [-0.15, -0.1) is 8.58 Å². The fourth-order valence-corrected chi connectivity index (χ4v) is 6.76. The average molecular weight is 206 g/mol. The van der Waals surface area contributed by atoms with Gasteiger partial charge in [-0.2, -0.15) is 0 Å². The van der Waals surface area contributed by atoms with Crippen LogP contribution < -0.4 is 0 Å². The minimum Gasteiger partial charge on any atom is -0.111 e. The Labute approximate surface area is 88.3 Å². The van der Waals surface area contributed by atoms with E-state index in [0.29, 0.717) is 0 Å². The largest absolute Gasteiger partial charge is 0.111 e. The predicted octanol–water partition coefficient (Wildman–Crippen LogP) is 3.86. The molecule has 2 bridgehead atoms. The summed E-state index contributed by atoms with van der Waals surface area (Å²) in [7, 11) is 1.32. The normalized spacial score (nSPS) is 45.9. The van der Waals surface area contributed by atoms with E-state index in [1.807, 2.05) is 11.1 Å². The quantitative estimate of drug-likeness (QED) is 0.475. The number of hydrogen-bond acceptors (Lipinski definition) is 0. The summed E-state index contributed by atoms with van der Waals surface area (Å²) in [6.07, 6.45) is 12.3. The molecule has 0 heterocycles. The Hall–Kier alpha value is 0.170. The van der Waals surface area contributed by atoms with Crippen LogP contribution in [0.1, 0.15) is 51.4 Å². The molecule has 0 aromatic rings. The zero-order valence-electron chi connectivity index (χ0n) is 8.81. The first-order chi connectivity index (χ1) is 6.90. The zero-order chi connectivity index (χ0) is 9.17. The van der Waals surface area contributed by atoms with Gasteiger partial charge in [-0.3, -0.25) is 0 Å². The summed E-state index contributed by atoms with van der Waals surface area (Å²) in [5, 5.41) is 0. The summed E-state index contributed by atoms with van der Waals surface area (Å²) in [5.74, 6) is 0. The third-order valence-electron chi connectivity index (χ3n) is 5.08.